The first kappa shape index (κ1) is 6.61. The summed E-state index contributed by atoms with van der Waals surface area (Å²) >= 11 is -3.22. The van der Waals surface area contributed by atoms with E-state index < -0.39 is 18.8 Å². The van der Waals surface area contributed by atoms with E-state index in [0.717, 1.165) is 19.3 Å². The number of hydrogen-bond donors (Lipinski definition) is 1. The fourth-order valence-electron chi connectivity index (χ4n) is 0.878. The third kappa shape index (κ3) is 1.78. The van der Waals surface area contributed by atoms with Crippen LogP contribution in [0.2, 0.25) is 0 Å². The van der Waals surface area contributed by atoms with Crippen LogP contribution in [-0.2, 0) is 3.07 Å². The van der Waals surface area contributed by atoms with Crippen molar-refractivity contribution < 1.29 is 6.51 Å². The van der Waals surface area contributed by atoms with Gasteiger partial charge in [-0.25, -0.2) is 0 Å². The van der Waals surface area contributed by atoms with Crippen LogP contribution >= 0.6 is 18.8 Å². The van der Waals surface area contributed by atoms with E-state index in [2.05, 4.69) is 0 Å². The quantitative estimate of drug-likeness (QED) is 0.505. The van der Waals surface area contributed by atoms with Gasteiger partial charge in [0.15, 0.2) is 0 Å². The average Bonchev–Trinajstić information content (AvgIpc) is 1.65. The van der Waals surface area contributed by atoms with Crippen LogP contribution in [0.3, 0.4) is 0 Å². The number of halogens is 1. The summed E-state index contributed by atoms with van der Waals surface area (Å²) < 4.78 is 21.1. The summed E-state index contributed by atoms with van der Waals surface area (Å²) in [6, 6.07) is 0. The standard InChI is InChI=1S/C5H11IO2/c7-6(8)4-2-1-3-5-6/h1-5H2,(H,7,8). The molecule has 8 heavy (non-hydrogen) atoms. The van der Waals surface area contributed by atoms with Crippen molar-refractivity contribution in [1.29, 1.82) is 0 Å². The van der Waals surface area contributed by atoms with Gasteiger partial charge >= 0.3 is 53.5 Å². The van der Waals surface area contributed by atoms with E-state index in [1.165, 1.54) is 0 Å². The molecule has 0 aromatic heterocycles. The molecular formula is C5H11IO2. The maximum absolute atomic E-state index is 10.9. The van der Waals surface area contributed by atoms with Gasteiger partial charge in [0.2, 0.25) is 0 Å². The summed E-state index contributed by atoms with van der Waals surface area (Å²) in [6.45, 7) is 0. The summed E-state index contributed by atoms with van der Waals surface area (Å²) in [5.41, 5.74) is 0. The molecule has 1 heterocycles. The predicted octanol–water partition coefficient (Wildman–Crippen LogP) is 1.47. The molecule has 0 unspecified atom stereocenters. The summed E-state index contributed by atoms with van der Waals surface area (Å²) in [6.07, 6.45) is 3.13. The van der Waals surface area contributed by atoms with E-state index in [1.54, 1.807) is 0 Å². The van der Waals surface area contributed by atoms with Crippen molar-refractivity contribution in [1.82, 2.24) is 0 Å². The molecule has 1 aliphatic rings. The van der Waals surface area contributed by atoms with Gasteiger partial charge < -0.3 is 0 Å². The zero-order valence-corrected chi connectivity index (χ0v) is 6.93. The maximum atomic E-state index is 10.9. The molecule has 0 aromatic rings. The van der Waals surface area contributed by atoms with Gasteiger partial charge in [-0.2, -0.15) is 0 Å². The van der Waals surface area contributed by atoms with Gasteiger partial charge in [0, 0.05) is 0 Å². The van der Waals surface area contributed by atoms with Crippen molar-refractivity contribution in [2.75, 3.05) is 8.86 Å². The number of alkyl halides is 2. The van der Waals surface area contributed by atoms with Crippen LogP contribution in [0.4, 0.5) is 0 Å². The Labute approximate surface area is 53.7 Å². The Morgan fingerprint density at radius 2 is 1.62 bits per heavy atom. The summed E-state index contributed by atoms with van der Waals surface area (Å²) in [4.78, 5) is 0. The fourth-order valence-corrected chi connectivity index (χ4v) is 4.88. The molecule has 0 atom stereocenters. The normalized spacial score (nSPS) is 31.6. The molecule has 50 valence electrons. The molecule has 0 spiro atoms. The van der Waals surface area contributed by atoms with Gasteiger partial charge in [-0.3, -0.25) is 0 Å². The minimum atomic E-state index is -3.22. The van der Waals surface area contributed by atoms with Crippen LogP contribution in [0.1, 0.15) is 19.3 Å². The van der Waals surface area contributed by atoms with Crippen LogP contribution in [0, 0.1) is 0 Å². The second-order valence-electron chi connectivity index (χ2n) is 2.15. The third-order valence-electron chi connectivity index (χ3n) is 1.36. The van der Waals surface area contributed by atoms with Gasteiger partial charge in [0.05, 0.1) is 0 Å². The Bertz CT molecular complexity index is 112. The molecule has 2 nitrogen and oxygen atoms in total. The molecule has 0 bridgehead atoms. The second kappa shape index (κ2) is 2.39. The Morgan fingerprint density at radius 3 is 1.88 bits per heavy atom. The van der Waals surface area contributed by atoms with Gasteiger partial charge in [-0.15, -0.1) is 0 Å². The zero-order valence-electron chi connectivity index (χ0n) is 4.77. The molecule has 0 amide bonds. The molecule has 1 fully saturated rings. The monoisotopic (exact) mass is 230 g/mol. The SMILES string of the molecule is O=I1(O)CCCCC1. The Morgan fingerprint density at radius 1 is 1.12 bits per heavy atom. The van der Waals surface area contributed by atoms with Crippen LogP contribution in [0.15, 0.2) is 0 Å². The van der Waals surface area contributed by atoms with Gasteiger partial charge in [-0.05, 0) is 0 Å². The van der Waals surface area contributed by atoms with Crippen molar-refractivity contribution in [2.45, 2.75) is 19.3 Å². The first-order valence-electron chi connectivity index (χ1n) is 2.86. The van der Waals surface area contributed by atoms with Crippen molar-refractivity contribution in [3.8, 4) is 0 Å². The van der Waals surface area contributed by atoms with Gasteiger partial charge in [0.1, 0.15) is 0 Å². The van der Waals surface area contributed by atoms with E-state index in [-0.39, 0.29) is 0 Å². The van der Waals surface area contributed by atoms with E-state index in [1.807, 2.05) is 0 Å². The van der Waals surface area contributed by atoms with E-state index >= 15 is 0 Å². The van der Waals surface area contributed by atoms with Crippen molar-refractivity contribution in [3.05, 3.63) is 0 Å². The van der Waals surface area contributed by atoms with Crippen molar-refractivity contribution >= 4 is 18.8 Å². The second-order valence-corrected chi connectivity index (χ2v) is 8.39. The van der Waals surface area contributed by atoms with E-state index in [0.29, 0.717) is 8.86 Å². The Hall–Kier alpha value is 0.490. The molecule has 0 aromatic carbocycles. The Balaban J connectivity index is 2.45. The molecule has 3 heteroatoms. The van der Waals surface area contributed by atoms with Gasteiger partial charge in [0.25, 0.3) is 0 Å². The molecule has 1 aliphatic heterocycles. The Kier molecular flexibility index (Phi) is 1.97. The first-order chi connectivity index (χ1) is 3.71. The number of hydrogen-bond acceptors (Lipinski definition) is 1. The zero-order chi connectivity index (χ0) is 6.04. The number of rotatable bonds is 0. The van der Waals surface area contributed by atoms with E-state index in [9.17, 15) is 3.07 Å². The van der Waals surface area contributed by atoms with Crippen LogP contribution in [0.25, 0.3) is 0 Å². The minimum absolute atomic E-state index is 0.631. The van der Waals surface area contributed by atoms with Crippen molar-refractivity contribution in [2.24, 2.45) is 0 Å². The van der Waals surface area contributed by atoms with Crippen LogP contribution in [0.5, 0.6) is 0 Å². The molecule has 0 saturated carbocycles. The first-order valence-corrected chi connectivity index (χ1v) is 7.75. The molecular weight excluding hydrogens is 219 g/mol. The van der Waals surface area contributed by atoms with Gasteiger partial charge in [-0.1, -0.05) is 0 Å². The van der Waals surface area contributed by atoms with E-state index in [4.69, 9.17) is 3.44 Å². The average molecular weight is 230 g/mol. The summed E-state index contributed by atoms with van der Waals surface area (Å²) in [5.74, 6) is 0. The predicted molar refractivity (Wildman–Crippen MR) is 40.5 cm³/mol. The molecule has 1 rings (SSSR count). The third-order valence-corrected chi connectivity index (χ3v) is 6.25. The molecule has 1 saturated heterocycles. The molecule has 0 aliphatic carbocycles. The summed E-state index contributed by atoms with van der Waals surface area (Å²) in [7, 11) is 0. The van der Waals surface area contributed by atoms with Crippen LogP contribution < -0.4 is 0 Å². The fraction of sp³-hybridized carbons (Fsp3) is 1.00. The van der Waals surface area contributed by atoms with Crippen LogP contribution in [-0.4, -0.2) is 12.3 Å². The molecule has 1 N–H and O–H groups in total. The topological polar surface area (TPSA) is 37.3 Å². The summed E-state index contributed by atoms with van der Waals surface area (Å²) in [5, 5.41) is 0. The van der Waals surface area contributed by atoms with Crippen molar-refractivity contribution in [3.63, 3.8) is 0 Å². The molecule has 0 radical (unpaired) electrons.